The molecular formula is C27H24FN5O3. The summed E-state index contributed by atoms with van der Waals surface area (Å²) >= 11 is 0. The van der Waals surface area contributed by atoms with E-state index >= 15 is 0 Å². The van der Waals surface area contributed by atoms with Gasteiger partial charge in [-0.2, -0.15) is 9.78 Å². The van der Waals surface area contributed by atoms with E-state index in [1.165, 1.54) is 28.9 Å². The first-order valence-electron chi connectivity index (χ1n) is 11.6. The molecule has 1 aromatic heterocycles. The summed E-state index contributed by atoms with van der Waals surface area (Å²) in [7, 11) is 0. The van der Waals surface area contributed by atoms with Crippen molar-refractivity contribution >= 4 is 28.3 Å². The molecular weight excluding hydrogens is 461 g/mol. The fourth-order valence-corrected chi connectivity index (χ4v) is 4.29. The molecule has 1 fully saturated rings. The zero-order valence-electron chi connectivity index (χ0n) is 19.4. The van der Waals surface area contributed by atoms with Crippen molar-refractivity contribution in [3.8, 4) is 5.69 Å². The molecule has 0 saturated carbocycles. The highest BCUT2D eigenvalue weighted by atomic mass is 19.1. The highest BCUT2D eigenvalue weighted by molar-refractivity contribution is 6.05. The van der Waals surface area contributed by atoms with Crippen LogP contribution in [0.4, 0.5) is 10.1 Å². The summed E-state index contributed by atoms with van der Waals surface area (Å²) < 4.78 is 14.3. The molecule has 0 unspecified atom stereocenters. The molecule has 3 aromatic carbocycles. The number of carbonyl (C=O) groups excluding carboxylic acids is 2. The van der Waals surface area contributed by atoms with E-state index in [0.717, 1.165) is 0 Å². The van der Waals surface area contributed by atoms with Gasteiger partial charge < -0.3 is 10.2 Å². The second-order valence-electron chi connectivity index (χ2n) is 8.57. The predicted octanol–water partition coefficient (Wildman–Crippen LogP) is 2.92. The molecule has 0 spiro atoms. The molecule has 36 heavy (non-hydrogen) atoms. The van der Waals surface area contributed by atoms with E-state index in [1.54, 1.807) is 41.3 Å². The van der Waals surface area contributed by atoms with Crippen LogP contribution in [0.5, 0.6) is 0 Å². The van der Waals surface area contributed by atoms with Crippen LogP contribution >= 0.6 is 0 Å². The van der Waals surface area contributed by atoms with Crippen LogP contribution in [0.25, 0.3) is 16.5 Å². The van der Waals surface area contributed by atoms with Gasteiger partial charge in [0.25, 0.3) is 11.5 Å². The average Bonchev–Trinajstić information content (AvgIpc) is 2.91. The van der Waals surface area contributed by atoms with E-state index in [2.05, 4.69) is 10.4 Å². The molecule has 0 aliphatic carbocycles. The van der Waals surface area contributed by atoms with Crippen LogP contribution in [-0.4, -0.2) is 64.1 Å². The van der Waals surface area contributed by atoms with Gasteiger partial charge in [0.15, 0.2) is 5.69 Å². The summed E-state index contributed by atoms with van der Waals surface area (Å²) in [6.45, 7) is 2.03. The average molecular weight is 486 g/mol. The van der Waals surface area contributed by atoms with Crippen LogP contribution < -0.4 is 10.9 Å². The van der Waals surface area contributed by atoms with Gasteiger partial charge in [-0.1, -0.05) is 36.4 Å². The highest BCUT2D eigenvalue weighted by Gasteiger charge is 2.26. The maximum atomic E-state index is 13.5. The van der Waals surface area contributed by atoms with Crippen LogP contribution in [0.3, 0.4) is 0 Å². The number of hydrogen-bond acceptors (Lipinski definition) is 5. The van der Waals surface area contributed by atoms with E-state index in [9.17, 15) is 18.8 Å². The highest BCUT2D eigenvalue weighted by Crippen LogP contribution is 2.18. The molecule has 2 heterocycles. The molecule has 1 saturated heterocycles. The van der Waals surface area contributed by atoms with E-state index in [4.69, 9.17) is 0 Å². The Balaban J connectivity index is 1.31. The van der Waals surface area contributed by atoms with Gasteiger partial charge in [-0.05, 0) is 42.5 Å². The fraction of sp³-hybridized carbons (Fsp3) is 0.185. The number of benzene rings is 3. The lowest BCUT2D eigenvalue weighted by atomic mass is 10.1. The van der Waals surface area contributed by atoms with Gasteiger partial charge in [0.05, 0.1) is 17.6 Å². The lowest BCUT2D eigenvalue weighted by molar-refractivity contribution is -0.117. The number of anilines is 1. The smallest absolute Gasteiger partial charge is 0.279 e. The minimum absolute atomic E-state index is 0.166. The van der Waals surface area contributed by atoms with Crippen LogP contribution in [0.15, 0.2) is 83.7 Å². The van der Waals surface area contributed by atoms with Crippen molar-refractivity contribution in [2.45, 2.75) is 0 Å². The first-order valence-corrected chi connectivity index (χ1v) is 11.6. The number of amides is 2. The van der Waals surface area contributed by atoms with Crippen molar-refractivity contribution in [3.63, 3.8) is 0 Å². The molecule has 4 aromatic rings. The Bertz CT molecular complexity index is 1460. The third kappa shape index (κ3) is 4.87. The summed E-state index contributed by atoms with van der Waals surface area (Å²) in [6.07, 6.45) is 0. The number of nitrogens with one attached hydrogen (secondary N) is 1. The molecule has 0 radical (unpaired) electrons. The molecule has 0 atom stereocenters. The Hall–Kier alpha value is -4.37. The maximum absolute atomic E-state index is 13.5. The summed E-state index contributed by atoms with van der Waals surface area (Å²) in [5.74, 6) is -0.828. The Morgan fingerprint density at radius 1 is 0.833 bits per heavy atom. The molecule has 2 amide bonds. The van der Waals surface area contributed by atoms with Gasteiger partial charge in [-0.3, -0.25) is 19.3 Å². The Morgan fingerprint density at radius 2 is 1.47 bits per heavy atom. The quantitative estimate of drug-likeness (QED) is 0.470. The lowest BCUT2D eigenvalue weighted by Crippen LogP contribution is -2.50. The third-order valence-corrected chi connectivity index (χ3v) is 6.16. The summed E-state index contributed by atoms with van der Waals surface area (Å²) in [5, 5.41) is 8.17. The number of aromatic nitrogens is 2. The number of nitrogens with zero attached hydrogens (tertiary/aromatic N) is 4. The third-order valence-electron chi connectivity index (χ3n) is 6.16. The van der Waals surface area contributed by atoms with Gasteiger partial charge in [-0.15, -0.1) is 0 Å². The second-order valence-corrected chi connectivity index (χ2v) is 8.57. The molecule has 1 aliphatic rings. The predicted molar refractivity (Wildman–Crippen MR) is 135 cm³/mol. The van der Waals surface area contributed by atoms with E-state index in [-0.39, 0.29) is 35.4 Å². The fourth-order valence-electron chi connectivity index (χ4n) is 4.29. The number of fused-ring (bicyclic) bond motifs is 1. The standard InChI is InChI=1S/C27H24FN5O3/c28-19-10-12-20(13-11-19)29-24(34)18-31-14-16-32(17-15-31)27(36)25-22-8-4-5-9-23(22)26(35)33(30-25)21-6-2-1-3-7-21/h1-13H,14-18H2,(H,29,34). The second kappa shape index (κ2) is 10.1. The monoisotopic (exact) mass is 485 g/mol. The van der Waals surface area contributed by atoms with Crippen molar-refractivity contribution in [1.29, 1.82) is 0 Å². The first-order chi connectivity index (χ1) is 17.5. The summed E-state index contributed by atoms with van der Waals surface area (Å²) in [5.41, 5.74) is 1.04. The summed E-state index contributed by atoms with van der Waals surface area (Å²) in [4.78, 5) is 42.6. The van der Waals surface area contributed by atoms with Crippen molar-refractivity contribution in [1.82, 2.24) is 19.6 Å². The van der Waals surface area contributed by atoms with Gasteiger partial charge >= 0.3 is 0 Å². The number of hydrogen-bond donors (Lipinski definition) is 1. The molecule has 1 aliphatic heterocycles. The Kier molecular flexibility index (Phi) is 6.55. The molecule has 9 heteroatoms. The van der Waals surface area contributed by atoms with Crippen molar-refractivity contribution in [2.24, 2.45) is 0 Å². The van der Waals surface area contributed by atoms with Crippen molar-refractivity contribution in [3.05, 3.63) is 101 Å². The Labute approximate surface area is 206 Å². The molecule has 182 valence electrons. The molecule has 8 nitrogen and oxygen atoms in total. The lowest BCUT2D eigenvalue weighted by Gasteiger charge is -2.34. The number of rotatable bonds is 5. The van der Waals surface area contributed by atoms with Crippen molar-refractivity contribution < 1.29 is 14.0 Å². The van der Waals surface area contributed by atoms with Crippen LogP contribution in [0.2, 0.25) is 0 Å². The van der Waals surface area contributed by atoms with Gasteiger partial charge in [0.1, 0.15) is 5.82 Å². The Morgan fingerprint density at radius 3 is 2.17 bits per heavy atom. The molecule has 0 bridgehead atoms. The minimum Gasteiger partial charge on any atom is -0.335 e. The van der Waals surface area contributed by atoms with Gasteiger partial charge in [-0.25, -0.2) is 4.39 Å². The van der Waals surface area contributed by atoms with Crippen LogP contribution in [-0.2, 0) is 4.79 Å². The molecule has 1 N–H and O–H groups in total. The normalized spacial score (nSPS) is 14.1. The summed E-state index contributed by atoms with van der Waals surface area (Å²) in [6, 6.07) is 21.6. The number of carbonyl (C=O) groups is 2. The SMILES string of the molecule is O=C(CN1CCN(C(=O)c2nn(-c3ccccc3)c(=O)c3ccccc23)CC1)Nc1ccc(F)cc1. The van der Waals surface area contributed by atoms with E-state index in [1.807, 2.05) is 23.1 Å². The number of halogens is 1. The van der Waals surface area contributed by atoms with Crippen LogP contribution in [0.1, 0.15) is 10.5 Å². The van der Waals surface area contributed by atoms with E-state index < -0.39 is 0 Å². The van der Waals surface area contributed by atoms with Gasteiger partial charge in [0, 0.05) is 37.3 Å². The van der Waals surface area contributed by atoms with Gasteiger partial charge in [0.2, 0.25) is 5.91 Å². The number of piperazine rings is 1. The topological polar surface area (TPSA) is 87.5 Å². The minimum atomic E-state index is -0.366. The maximum Gasteiger partial charge on any atom is 0.279 e. The first kappa shape index (κ1) is 23.4. The number of para-hydroxylation sites is 1. The molecule has 5 rings (SSSR count). The van der Waals surface area contributed by atoms with Crippen molar-refractivity contribution in [2.75, 3.05) is 38.0 Å². The zero-order valence-corrected chi connectivity index (χ0v) is 19.4. The largest absolute Gasteiger partial charge is 0.335 e. The zero-order chi connectivity index (χ0) is 25.1. The van der Waals surface area contributed by atoms with Crippen LogP contribution in [0, 0.1) is 5.82 Å². The van der Waals surface area contributed by atoms with E-state index in [0.29, 0.717) is 48.3 Å².